The number of furan rings is 1. The molecule has 0 radical (unpaired) electrons. The standard InChI is InChI=1S/C18H11N5O4S/c19-7-13-16(14(8-20)18(24)22-17(13)21)12-6-10(23(25)26)3-4-15(12)28-9-11-2-1-5-27-11/h1-6H,9H2,(H3,21,22,24). The topological polar surface area (TPSA) is 163 Å². The third kappa shape index (κ3) is 3.45. The van der Waals surface area contributed by atoms with Gasteiger partial charge in [0.25, 0.3) is 11.2 Å². The number of hydrogen-bond donors (Lipinski definition) is 2. The molecule has 0 spiro atoms. The quantitative estimate of drug-likeness (QED) is 0.379. The minimum absolute atomic E-state index is 0.0307. The number of H-pyrrole nitrogens is 1. The van der Waals surface area contributed by atoms with Crippen LogP contribution in [0.4, 0.5) is 11.5 Å². The van der Waals surface area contributed by atoms with Crippen LogP contribution in [0.1, 0.15) is 16.9 Å². The number of aromatic nitrogens is 1. The van der Waals surface area contributed by atoms with Crippen molar-refractivity contribution in [2.45, 2.75) is 10.6 Å². The molecule has 0 aliphatic carbocycles. The molecule has 0 saturated heterocycles. The molecule has 3 N–H and O–H groups in total. The van der Waals surface area contributed by atoms with Gasteiger partial charge >= 0.3 is 0 Å². The van der Waals surface area contributed by atoms with Gasteiger partial charge in [0.15, 0.2) is 0 Å². The molecule has 0 saturated carbocycles. The van der Waals surface area contributed by atoms with Gasteiger partial charge in [0, 0.05) is 28.2 Å². The second-order valence-corrected chi connectivity index (χ2v) is 6.54. The average Bonchev–Trinajstić information content (AvgIpc) is 3.19. The number of nitrogens with one attached hydrogen (secondary N) is 1. The van der Waals surface area contributed by atoms with Crippen molar-refractivity contribution in [1.82, 2.24) is 4.98 Å². The summed E-state index contributed by atoms with van der Waals surface area (Å²) in [4.78, 5) is 25.6. The van der Waals surface area contributed by atoms with Crippen LogP contribution in [0.3, 0.4) is 0 Å². The summed E-state index contributed by atoms with van der Waals surface area (Å²) >= 11 is 1.28. The van der Waals surface area contributed by atoms with Crippen LogP contribution in [0.2, 0.25) is 0 Å². The van der Waals surface area contributed by atoms with Crippen molar-refractivity contribution in [2.24, 2.45) is 0 Å². The zero-order chi connectivity index (χ0) is 20.3. The molecule has 138 valence electrons. The number of pyridine rings is 1. The Morgan fingerprint density at radius 3 is 2.61 bits per heavy atom. The zero-order valence-electron chi connectivity index (χ0n) is 14.1. The van der Waals surface area contributed by atoms with Crippen LogP contribution in [0.5, 0.6) is 0 Å². The Hall–Kier alpha value is -4.02. The fourth-order valence-corrected chi connectivity index (χ4v) is 3.55. The summed E-state index contributed by atoms with van der Waals surface area (Å²) in [6, 6.07) is 11.2. The molecule has 2 aromatic heterocycles. The lowest BCUT2D eigenvalue weighted by Gasteiger charge is -2.13. The molecule has 28 heavy (non-hydrogen) atoms. The van der Waals surface area contributed by atoms with Crippen molar-refractivity contribution in [3.05, 3.63) is 74.0 Å². The van der Waals surface area contributed by atoms with Crippen LogP contribution >= 0.6 is 11.8 Å². The number of nitrogens with zero attached hydrogens (tertiary/aromatic N) is 3. The number of thioether (sulfide) groups is 1. The predicted octanol–water partition coefficient (Wildman–Crippen LogP) is 3.16. The summed E-state index contributed by atoms with van der Waals surface area (Å²) < 4.78 is 5.28. The van der Waals surface area contributed by atoms with Crippen molar-refractivity contribution >= 4 is 23.3 Å². The lowest BCUT2D eigenvalue weighted by Crippen LogP contribution is -2.16. The molecule has 0 aliphatic heterocycles. The molecular weight excluding hydrogens is 382 g/mol. The van der Waals surface area contributed by atoms with E-state index in [-0.39, 0.29) is 33.8 Å². The zero-order valence-corrected chi connectivity index (χ0v) is 14.9. The number of benzene rings is 1. The van der Waals surface area contributed by atoms with Gasteiger partial charge in [0.05, 0.1) is 16.9 Å². The summed E-state index contributed by atoms with van der Waals surface area (Å²) in [6.45, 7) is 0. The first-order valence-electron chi connectivity index (χ1n) is 7.76. The van der Waals surface area contributed by atoms with Gasteiger partial charge in [-0.1, -0.05) is 0 Å². The Bertz CT molecular complexity index is 1200. The van der Waals surface area contributed by atoms with E-state index in [9.17, 15) is 25.4 Å². The Morgan fingerprint density at radius 2 is 2.00 bits per heavy atom. The smallest absolute Gasteiger partial charge is 0.270 e. The van der Waals surface area contributed by atoms with E-state index in [1.165, 1.54) is 36.2 Å². The first-order chi connectivity index (χ1) is 13.5. The minimum Gasteiger partial charge on any atom is -0.468 e. The van der Waals surface area contributed by atoms with E-state index in [1.807, 2.05) is 6.07 Å². The molecule has 3 rings (SSSR count). The normalized spacial score (nSPS) is 10.2. The molecule has 0 bridgehead atoms. The molecule has 0 fully saturated rings. The molecule has 10 heteroatoms. The Labute approximate surface area is 162 Å². The Balaban J connectivity index is 2.26. The number of nitro benzene ring substituents is 1. The number of nitro groups is 1. The van der Waals surface area contributed by atoms with Crippen molar-refractivity contribution in [1.29, 1.82) is 10.5 Å². The van der Waals surface area contributed by atoms with E-state index >= 15 is 0 Å². The predicted molar refractivity (Wildman–Crippen MR) is 101 cm³/mol. The summed E-state index contributed by atoms with van der Waals surface area (Å²) in [5, 5.41) is 30.2. The fourth-order valence-electron chi connectivity index (χ4n) is 2.61. The van der Waals surface area contributed by atoms with Crippen molar-refractivity contribution in [3.8, 4) is 23.3 Å². The van der Waals surface area contributed by atoms with Crippen molar-refractivity contribution in [3.63, 3.8) is 0 Å². The highest BCUT2D eigenvalue weighted by Crippen LogP contribution is 2.39. The fraction of sp³-hybridized carbons (Fsp3) is 0.0556. The number of non-ortho nitro benzene ring substituents is 1. The van der Waals surface area contributed by atoms with Gasteiger partial charge in [-0.15, -0.1) is 11.8 Å². The minimum atomic E-state index is -0.775. The number of hydrogen-bond acceptors (Lipinski definition) is 8. The number of nitriles is 2. The summed E-state index contributed by atoms with van der Waals surface area (Å²) in [5.74, 6) is 0.857. The molecule has 0 unspecified atom stereocenters. The molecule has 2 heterocycles. The molecule has 0 amide bonds. The number of rotatable bonds is 5. The van der Waals surface area contributed by atoms with Gasteiger partial charge in [-0.05, 0) is 18.2 Å². The van der Waals surface area contributed by atoms with Crippen molar-refractivity contribution in [2.75, 3.05) is 5.73 Å². The van der Waals surface area contributed by atoms with E-state index < -0.39 is 10.5 Å². The Morgan fingerprint density at radius 1 is 1.25 bits per heavy atom. The second kappa shape index (κ2) is 7.70. The number of nitrogens with two attached hydrogens (primary N) is 1. The van der Waals surface area contributed by atoms with Crippen LogP contribution in [-0.2, 0) is 5.75 Å². The molecule has 0 aliphatic rings. The molecule has 3 aromatic rings. The maximum Gasteiger partial charge on any atom is 0.270 e. The van der Waals surface area contributed by atoms with E-state index in [2.05, 4.69) is 4.98 Å². The highest BCUT2D eigenvalue weighted by molar-refractivity contribution is 7.98. The van der Waals surface area contributed by atoms with E-state index in [0.29, 0.717) is 16.4 Å². The number of nitrogen functional groups attached to an aromatic ring is 1. The van der Waals surface area contributed by atoms with E-state index in [1.54, 1.807) is 18.2 Å². The lowest BCUT2D eigenvalue weighted by atomic mass is 9.96. The summed E-state index contributed by atoms with van der Waals surface area (Å²) in [6.07, 6.45) is 1.52. The van der Waals surface area contributed by atoms with Crippen LogP contribution in [0.15, 0.2) is 50.7 Å². The SMILES string of the molecule is N#Cc1c(N)[nH]c(=O)c(C#N)c1-c1cc([N+](=O)[O-])ccc1SCc1ccco1. The first-order valence-corrected chi connectivity index (χ1v) is 8.74. The maximum atomic E-state index is 12.2. The number of aromatic amines is 1. The van der Waals surface area contributed by atoms with Gasteiger partial charge < -0.3 is 15.1 Å². The van der Waals surface area contributed by atoms with Gasteiger partial charge in [0.1, 0.15) is 34.8 Å². The van der Waals surface area contributed by atoms with Crippen LogP contribution < -0.4 is 11.3 Å². The monoisotopic (exact) mass is 393 g/mol. The maximum absolute atomic E-state index is 12.2. The lowest BCUT2D eigenvalue weighted by molar-refractivity contribution is -0.384. The van der Waals surface area contributed by atoms with E-state index in [4.69, 9.17) is 10.2 Å². The van der Waals surface area contributed by atoms with Gasteiger partial charge in [-0.25, -0.2) is 0 Å². The van der Waals surface area contributed by atoms with Gasteiger partial charge in [-0.2, -0.15) is 10.5 Å². The highest BCUT2D eigenvalue weighted by atomic mass is 32.2. The third-order valence-corrected chi connectivity index (χ3v) is 4.96. The molecule has 9 nitrogen and oxygen atoms in total. The third-order valence-electron chi connectivity index (χ3n) is 3.86. The Kier molecular flexibility index (Phi) is 5.16. The summed E-state index contributed by atoms with van der Waals surface area (Å²) in [5.41, 5.74) is 4.43. The largest absolute Gasteiger partial charge is 0.468 e. The van der Waals surface area contributed by atoms with Crippen LogP contribution in [-0.4, -0.2) is 9.91 Å². The average molecular weight is 393 g/mol. The summed E-state index contributed by atoms with van der Waals surface area (Å²) in [7, 11) is 0. The second-order valence-electron chi connectivity index (χ2n) is 5.52. The van der Waals surface area contributed by atoms with E-state index in [0.717, 1.165) is 0 Å². The molecular formula is C18H11N5O4S. The number of anilines is 1. The van der Waals surface area contributed by atoms with Crippen molar-refractivity contribution < 1.29 is 9.34 Å². The molecule has 0 atom stereocenters. The first kappa shape index (κ1) is 18.8. The van der Waals surface area contributed by atoms with Crippen LogP contribution in [0, 0.1) is 32.8 Å². The molecule has 1 aromatic carbocycles. The van der Waals surface area contributed by atoms with Gasteiger partial charge in [0.2, 0.25) is 0 Å². The van der Waals surface area contributed by atoms with Gasteiger partial charge in [-0.3, -0.25) is 14.9 Å². The van der Waals surface area contributed by atoms with Crippen LogP contribution in [0.25, 0.3) is 11.1 Å². The highest BCUT2D eigenvalue weighted by Gasteiger charge is 2.23.